The van der Waals surface area contributed by atoms with Crippen molar-refractivity contribution in [3.8, 4) is 0 Å². The normalized spacial score (nSPS) is 11.7. The van der Waals surface area contributed by atoms with Crippen LogP contribution in [0.2, 0.25) is 0 Å². The van der Waals surface area contributed by atoms with Crippen LogP contribution in [0.1, 0.15) is 31.9 Å². The molecule has 2 N–H and O–H groups in total. The van der Waals surface area contributed by atoms with Gasteiger partial charge in [-0.15, -0.1) is 24.0 Å². The molecule has 0 aliphatic carbocycles. The van der Waals surface area contributed by atoms with Gasteiger partial charge in [-0.3, -0.25) is 4.98 Å². The molecule has 0 saturated heterocycles. The van der Waals surface area contributed by atoms with E-state index in [1.807, 2.05) is 25.1 Å². The third-order valence-corrected chi connectivity index (χ3v) is 2.65. The number of guanidine groups is 1. The van der Waals surface area contributed by atoms with Gasteiger partial charge in [0.05, 0.1) is 12.2 Å². The molecule has 0 aliphatic rings. The van der Waals surface area contributed by atoms with Crippen LogP contribution in [0.3, 0.4) is 0 Å². The van der Waals surface area contributed by atoms with E-state index in [1.165, 1.54) is 0 Å². The number of nitrogens with one attached hydrogen (secondary N) is 2. The van der Waals surface area contributed by atoms with Crippen molar-refractivity contribution < 1.29 is 13.2 Å². The van der Waals surface area contributed by atoms with Gasteiger partial charge in [0.1, 0.15) is 0 Å². The first-order valence-electron chi connectivity index (χ1n) is 7.00. The van der Waals surface area contributed by atoms with E-state index in [4.69, 9.17) is 0 Å². The molecule has 0 spiro atoms. The summed E-state index contributed by atoms with van der Waals surface area (Å²) in [4.78, 5) is 8.50. The molecule has 0 unspecified atom stereocenters. The number of hydrogen-bond acceptors (Lipinski definition) is 2. The molecule has 0 saturated carbocycles. The highest BCUT2D eigenvalue weighted by Crippen LogP contribution is 2.21. The third kappa shape index (κ3) is 10.6. The lowest BCUT2D eigenvalue weighted by Crippen LogP contribution is -2.37. The van der Waals surface area contributed by atoms with Gasteiger partial charge in [-0.05, 0) is 31.9 Å². The summed E-state index contributed by atoms with van der Waals surface area (Å²) >= 11 is 0. The number of rotatable bonds is 7. The molecule has 0 atom stereocenters. The molecule has 0 aliphatic heterocycles. The smallest absolute Gasteiger partial charge is 0.357 e. The second-order valence-corrected chi connectivity index (χ2v) is 4.52. The molecular weight excluding hydrogens is 408 g/mol. The van der Waals surface area contributed by atoms with Crippen LogP contribution in [0.4, 0.5) is 13.2 Å². The van der Waals surface area contributed by atoms with Gasteiger partial charge in [0, 0.05) is 25.7 Å². The summed E-state index contributed by atoms with van der Waals surface area (Å²) in [6.45, 7) is 3.51. The Kier molecular flexibility index (Phi) is 10.9. The zero-order valence-electron chi connectivity index (χ0n) is 12.5. The van der Waals surface area contributed by atoms with Crippen LogP contribution in [0.5, 0.6) is 0 Å². The van der Waals surface area contributed by atoms with E-state index in [-0.39, 0.29) is 30.4 Å². The molecule has 0 bridgehead atoms. The Balaban J connectivity index is 0.00000441. The summed E-state index contributed by atoms with van der Waals surface area (Å²) in [5.41, 5.74) is 0.840. The molecule has 1 aromatic heterocycles. The maximum atomic E-state index is 12.0. The molecule has 126 valence electrons. The van der Waals surface area contributed by atoms with Gasteiger partial charge >= 0.3 is 6.18 Å². The molecule has 1 rings (SSSR count). The summed E-state index contributed by atoms with van der Waals surface area (Å²) in [7, 11) is 0. The third-order valence-electron chi connectivity index (χ3n) is 2.65. The van der Waals surface area contributed by atoms with Crippen molar-refractivity contribution in [2.24, 2.45) is 4.99 Å². The minimum absolute atomic E-state index is 0. The Labute approximate surface area is 146 Å². The number of halogens is 4. The quantitative estimate of drug-likeness (QED) is 0.302. The molecule has 1 aromatic rings. The predicted molar refractivity (Wildman–Crippen MR) is 92.4 cm³/mol. The van der Waals surface area contributed by atoms with Crippen molar-refractivity contribution in [1.82, 2.24) is 15.6 Å². The number of aromatic nitrogens is 1. The van der Waals surface area contributed by atoms with Gasteiger partial charge in [0.15, 0.2) is 5.96 Å². The van der Waals surface area contributed by atoms with Crippen molar-refractivity contribution in [3.05, 3.63) is 30.1 Å². The number of pyridine rings is 1. The van der Waals surface area contributed by atoms with Crippen LogP contribution in [0.15, 0.2) is 29.4 Å². The Bertz CT molecular complexity index is 424. The number of hydrogen-bond donors (Lipinski definition) is 2. The maximum Gasteiger partial charge on any atom is 0.389 e. The van der Waals surface area contributed by atoms with Gasteiger partial charge in [0.2, 0.25) is 0 Å². The Morgan fingerprint density at radius 1 is 1.23 bits per heavy atom. The largest absolute Gasteiger partial charge is 0.389 e. The highest BCUT2D eigenvalue weighted by Gasteiger charge is 2.25. The molecule has 0 amide bonds. The van der Waals surface area contributed by atoms with E-state index < -0.39 is 12.6 Å². The number of unbranched alkanes of at least 4 members (excludes halogenated alkanes) is 1. The molecule has 0 aromatic carbocycles. The Morgan fingerprint density at radius 2 is 2.00 bits per heavy atom. The lowest BCUT2D eigenvalue weighted by Gasteiger charge is -2.11. The fourth-order valence-electron chi connectivity index (χ4n) is 1.65. The van der Waals surface area contributed by atoms with Crippen LogP contribution in [-0.4, -0.2) is 30.2 Å². The van der Waals surface area contributed by atoms with Crippen molar-refractivity contribution in [2.45, 2.75) is 38.9 Å². The SMILES string of the molecule is CCNC(=NCc1ccccn1)NCCCCC(F)(F)F.I. The molecule has 0 radical (unpaired) electrons. The average Bonchev–Trinajstić information content (AvgIpc) is 2.44. The van der Waals surface area contributed by atoms with E-state index in [1.54, 1.807) is 6.20 Å². The van der Waals surface area contributed by atoms with Gasteiger partial charge in [-0.1, -0.05) is 6.07 Å². The van der Waals surface area contributed by atoms with Crippen molar-refractivity contribution >= 4 is 29.9 Å². The zero-order chi connectivity index (χ0) is 15.6. The van der Waals surface area contributed by atoms with Crippen LogP contribution in [0, 0.1) is 0 Å². The van der Waals surface area contributed by atoms with Crippen LogP contribution in [-0.2, 0) is 6.54 Å². The second kappa shape index (κ2) is 11.5. The topological polar surface area (TPSA) is 49.3 Å². The zero-order valence-corrected chi connectivity index (χ0v) is 14.8. The summed E-state index contributed by atoms with van der Waals surface area (Å²) < 4.78 is 36.0. The Morgan fingerprint density at radius 3 is 2.59 bits per heavy atom. The summed E-state index contributed by atoms with van der Waals surface area (Å²) in [5, 5.41) is 6.07. The lowest BCUT2D eigenvalue weighted by molar-refractivity contribution is -0.135. The standard InChI is InChI=1S/C14H21F3N4.HI/c1-2-18-13(20-10-6-4-8-14(15,16)17)21-11-12-7-3-5-9-19-12;/h3,5,7,9H,2,4,6,8,10-11H2,1H3,(H2,18,20,21);1H. The van der Waals surface area contributed by atoms with E-state index in [0.717, 1.165) is 5.69 Å². The van der Waals surface area contributed by atoms with E-state index in [9.17, 15) is 13.2 Å². The van der Waals surface area contributed by atoms with E-state index in [2.05, 4.69) is 20.6 Å². The van der Waals surface area contributed by atoms with Gasteiger partial charge < -0.3 is 10.6 Å². The number of nitrogens with zero attached hydrogens (tertiary/aromatic N) is 2. The van der Waals surface area contributed by atoms with Gasteiger partial charge in [0.25, 0.3) is 0 Å². The summed E-state index contributed by atoms with van der Waals surface area (Å²) in [6, 6.07) is 5.59. The first-order valence-corrected chi connectivity index (χ1v) is 7.00. The lowest BCUT2D eigenvalue weighted by atomic mass is 10.2. The van der Waals surface area contributed by atoms with Crippen molar-refractivity contribution in [1.29, 1.82) is 0 Å². The van der Waals surface area contributed by atoms with Crippen molar-refractivity contribution in [2.75, 3.05) is 13.1 Å². The van der Waals surface area contributed by atoms with Crippen LogP contribution in [0.25, 0.3) is 0 Å². The van der Waals surface area contributed by atoms with Gasteiger partial charge in [-0.2, -0.15) is 13.2 Å². The van der Waals surface area contributed by atoms with Crippen LogP contribution < -0.4 is 10.6 Å². The molecule has 4 nitrogen and oxygen atoms in total. The molecule has 1 heterocycles. The molecule has 0 fully saturated rings. The molecular formula is C14H22F3IN4. The predicted octanol–water partition coefficient (Wildman–Crippen LogP) is 3.49. The maximum absolute atomic E-state index is 12.0. The Hall–Kier alpha value is -1.06. The van der Waals surface area contributed by atoms with Crippen molar-refractivity contribution in [3.63, 3.8) is 0 Å². The van der Waals surface area contributed by atoms with Crippen LogP contribution >= 0.6 is 24.0 Å². The average molecular weight is 430 g/mol. The highest BCUT2D eigenvalue weighted by molar-refractivity contribution is 14.0. The summed E-state index contributed by atoms with van der Waals surface area (Å²) in [5.74, 6) is 0.593. The first kappa shape index (κ1) is 20.9. The van der Waals surface area contributed by atoms with Gasteiger partial charge in [-0.25, -0.2) is 4.99 Å². The number of aliphatic imine (C=N–C) groups is 1. The highest BCUT2D eigenvalue weighted by atomic mass is 127. The summed E-state index contributed by atoms with van der Waals surface area (Å²) in [6.07, 6.45) is -2.54. The molecule has 8 heteroatoms. The minimum atomic E-state index is -4.07. The fourth-order valence-corrected chi connectivity index (χ4v) is 1.65. The minimum Gasteiger partial charge on any atom is -0.357 e. The molecule has 22 heavy (non-hydrogen) atoms. The first-order chi connectivity index (χ1) is 10.0. The van der Waals surface area contributed by atoms with E-state index in [0.29, 0.717) is 32.0 Å². The number of alkyl halides is 3. The monoisotopic (exact) mass is 430 g/mol. The fraction of sp³-hybridized carbons (Fsp3) is 0.571. The second-order valence-electron chi connectivity index (χ2n) is 4.52. The van der Waals surface area contributed by atoms with E-state index >= 15 is 0 Å².